The van der Waals surface area contributed by atoms with E-state index in [2.05, 4.69) is 4.98 Å². The third kappa shape index (κ3) is 6.22. The Hall–Kier alpha value is -0.940. The molecule has 1 amide bonds. The van der Waals surface area contributed by atoms with Gasteiger partial charge >= 0.3 is 6.09 Å². The molecule has 1 aromatic rings. The van der Waals surface area contributed by atoms with Crippen LogP contribution in [-0.2, 0) is 10.5 Å². The highest BCUT2D eigenvalue weighted by molar-refractivity contribution is 7.98. The third-order valence-electron chi connectivity index (χ3n) is 3.62. The molecule has 0 saturated carbocycles. The molecule has 23 heavy (non-hydrogen) atoms. The number of thioether (sulfide) groups is 1. The molecule has 0 spiro atoms. The van der Waals surface area contributed by atoms with Crippen LogP contribution in [0.25, 0.3) is 0 Å². The number of halogens is 1. The minimum atomic E-state index is -0.443. The normalized spacial score (nSPS) is 18.8. The van der Waals surface area contributed by atoms with Crippen molar-refractivity contribution in [2.24, 2.45) is 0 Å². The van der Waals surface area contributed by atoms with Crippen LogP contribution in [0.5, 0.6) is 0 Å². The number of aromatic nitrogens is 1. The molecule has 128 valence electrons. The number of carbonyl (C=O) groups is 1. The number of carbonyl (C=O) groups excluding carboxylic acids is 1. The summed E-state index contributed by atoms with van der Waals surface area (Å²) in [4.78, 5) is 18.4. The van der Waals surface area contributed by atoms with E-state index in [9.17, 15) is 4.79 Å². The highest BCUT2D eigenvalue weighted by atomic mass is 35.5. The summed E-state index contributed by atoms with van der Waals surface area (Å²) in [5, 5.41) is 0.516. The van der Waals surface area contributed by atoms with Crippen molar-refractivity contribution in [3.05, 3.63) is 29.0 Å². The van der Waals surface area contributed by atoms with Gasteiger partial charge in [-0.2, -0.15) is 11.8 Å². The fourth-order valence-corrected chi connectivity index (χ4v) is 3.79. The van der Waals surface area contributed by atoms with Gasteiger partial charge in [0, 0.05) is 30.3 Å². The maximum atomic E-state index is 12.4. The highest BCUT2D eigenvalue weighted by Gasteiger charge is 2.30. The molecule has 2 heterocycles. The zero-order chi connectivity index (χ0) is 16.9. The number of ether oxygens (including phenoxy) is 1. The van der Waals surface area contributed by atoms with Crippen molar-refractivity contribution in [1.82, 2.24) is 9.88 Å². The molecule has 1 fully saturated rings. The van der Waals surface area contributed by atoms with E-state index in [0.29, 0.717) is 5.15 Å². The molecule has 1 aliphatic heterocycles. The minimum Gasteiger partial charge on any atom is -0.444 e. The molecule has 4 nitrogen and oxygen atoms in total. The summed E-state index contributed by atoms with van der Waals surface area (Å²) in [6.45, 7) is 6.52. The summed E-state index contributed by atoms with van der Waals surface area (Å²) in [6, 6.07) is 4.06. The number of piperidine rings is 1. The van der Waals surface area contributed by atoms with E-state index in [0.717, 1.165) is 36.5 Å². The number of nitrogens with zero attached hydrogens (tertiary/aromatic N) is 2. The van der Waals surface area contributed by atoms with Gasteiger partial charge in [0.05, 0.1) is 0 Å². The predicted molar refractivity (Wildman–Crippen MR) is 96.0 cm³/mol. The summed E-state index contributed by atoms with van der Waals surface area (Å²) in [7, 11) is 0. The van der Waals surface area contributed by atoms with E-state index < -0.39 is 5.60 Å². The molecule has 1 saturated heterocycles. The Balaban J connectivity index is 1.86. The van der Waals surface area contributed by atoms with Crippen LogP contribution in [0.4, 0.5) is 4.79 Å². The predicted octanol–water partition coefficient (Wildman–Crippen LogP) is 4.76. The summed E-state index contributed by atoms with van der Waals surface area (Å²) < 4.78 is 5.54. The molecule has 1 aromatic heterocycles. The zero-order valence-electron chi connectivity index (χ0n) is 14.0. The Morgan fingerprint density at radius 2 is 2.22 bits per heavy atom. The molecule has 0 unspecified atom stereocenters. The van der Waals surface area contributed by atoms with Crippen molar-refractivity contribution in [3.63, 3.8) is 0 Å². The van der Waals surface area contributed by atoms with Gasteiger partial charge in [-0.05, 0) is 51.7 Å². The molecular weight excluding hydrogens is 332 g/mol. The van der Waals surface area contributed by atoms with Gasteiger partial charge in [0.15, 0.2) is 0 Å². The van der Waals surface area contributed by atoms with Gasteiger partial charge in [0.1, 0.15) is 10.8 Å². The van der Waals surface area contributed by atoms with Gasteiger partial charge in [0.25, 0.3) is 0 Å². The number of hydrogen-bond donors (Lipinski definition) is 0. The Kier molecular flexibility index (Phi) is 6.60. The molecule has 0 N–H and O–H groups in total. The standard InChI is InChI=1S/C17H25ClN2O2S/c1-17(2,3)22-16(21)20-9-5-4-6-14(20)12-23-11-13-7-8-15(18)19-10-13/h7-8,10,14H,4-6,9,11-12H2,1-3H3/t14-/m1/s1. The highest BCUT2D eigenvalue weighted by Crippen LogP contribution is 2.24. The van der Waals surface area contributed by atoms with E-state index in [1.165, 1.54) is 6.42 Å². The van der Waals surface area contributed by atoms with Crippen molar-refractivity contribution in [2.75, 3.05) is 12.3 Å². The quantitative estimate of drug-likeness (QED) is 0.729. The van der Waals surface area contributed by atoms with Gasteiger partial charge in [-0.1, -0.05) is 17.7 Å². The Morgan fingerprint density at radius 1 is 1.43 bits per heavy atom. The van der Waals surface area contributed by atoms with Gasteiger partial charge in [-0.3, -0.25) is 0 Å². The number of hydrogen-bond acceptors (Lipinski definition) is 4. The van der Waals surface area contributed by atoms with Crippen LogP contribution in [0, 0.1) is 0 Å². The monoisotopic (exact) mass is 356 g/mol. The first-order valence-corrected chi connectivity index (χ1v) is 9.56. The molecule has 2 rings (SSSR count). The molecule has 0 bridgehead atoms. The first-order valence-electron chi connectivity index (χ1n) is 8.03. The van der Waals surface area contributed by atoms with Gasteiger partial charge in [-0.15, -0.1) is 0 Å². The molecule has 1 aliphatic rings. The first-order chi connectivity index (χ1) is 10.8. The van der Waals surface area contributed by atoms with Crippen LogP contribution in [0.1, 0.15) is 45.6 Å². The van der Waals surface area contributed by atoms with E-state index in [-0.39, 0.29) is 12.1 Å². The Bertz CT molecular complexity index is 516. The summed E-state index contributed by atoms with van der Waals surface area (Å²) in [6.07, 6.45) is 4.90. The summed E-state index contributed by atoms with van der Waals surface area (Å²) >= 11 is 7.62. The van der Waals surface area contributed by atoms with Crippen LogP contribution in [0.15, 0.2) is 18.3 Å². The van der Waals surface area contributed by atoms with E-state index in [4.69, 9.17) is 16.3 Å². The largest absolute Gasteiger partial charge is 0.444 e. The molecule has 1 atom stereocenters. The molecule has 0 aliphatic carbocycles. The lowest BCUT2D eigenvalue weighted by atomic mass is 10.0. The lowest BCUT2D eigenvalue weighted by molar-refractivity contribution is 0.0126. The van der Waals surface area contributed by atoms with Gasteiger partial charge in [-0.25, -0.2) is 9.78 Å². The second-order valence-corrected chi connectivity index (χ2v) is 8.25. The van der Waals surface area contributed by atoms with Crippen LogP contribution >= 0.6 is 23.4 Å². The number of pyridine rings is 1. The van der Waals surface area contributed by atoms with Gasteiger partial charge in [0.2, 0.25) is 0 Å². The van der Waals surface area contributed by atoms with E-state index in [1.54, 1.807) is 0 Å². The van der Waals surface area contributed by atoms with Crippen molar-refractivity contribution in [3.8, 4) is 0 Å². The van der Waals surface area contributed by atoms with E-state index in [1.807, 2.05) is 55.8 Å². The zero-order valence-corrected chi connectivity index (χ0v) is 15.6. The average molecular weight is 357 g/mol. The van der Waals surface area contributed by atoms with Crippen molar-refractivity contribution < 1.29 is 9.53 Å². The lowest BCUT2D eigenvalue weighted by Gasteiger charge is -2.36. The second kappa shape index (κ2) is 8.25. The average Bonchev–Trinajstić information content (AvgIpc) is 2.48. The molecule has 6 heteroatoms. The fourth-order valence-electron chi connectivity index (χ4n) is 2.54. The second-order valence-electron chi connectivity index (χ2n) is 6.83. The fraction of sp³-hybridized carbons (Fsp3) is 0.647. The molecule has 0 radical (unpaired) electrons. The van der Waals surface area contributed by atoms with Crippen LogP contribution in [-0.4, -0.2) is 39.9 Å². The maximum Gasteiger partial charge on any atom is 0.410 e. The molecular formula is C17H25ClN2O2S. The maximum absolute atomic E-state index is 12.4. The topological polar surface area (TPSA) is 42.4 Å². The first kappa shape index (κ1) is 18.4. The van der Waals surface area contributed by atoms with E-state index >= 15 is 0 Å². The van der Waals surface area contributed by atoms with Crippen LogP contribution in [0.3, 0.4) is 0 Å². The Labute approximate surface area is 147 Å². The third-order valence-corrected chi connectivity index (χ3v) is 5.00. The minimum absolute atomic E-state index is 0.184. The van der Waals surface area contributed by atoms with Crippen molar-refractivity contribution in [2.45, 2.75) is 57.4 Å². The smallest absolute Gasteiger partial charge is 0.410 e. The molecule has 0 aromatic carbocycles. The van der Waals surface area contributed by atoms with Gasteiger partial charge < -0.3 is 9.64 Å². The number of rotatable bonds is 4. The summed E-state index contributed by atoms with van der Waals surface area (Å²) in [5.41, 5.74) is 0.709. The van der Waals surface area contributed by atoms with Crippen molar-refractivity contribution in [1.29, 1.82) is 0 Å². The summed E-state index contributed by atoms with van der Waals surface area (Å²) in [5.74, 6) is 1.80. The van der Waals surface area contributed by atoms with Crippen LogP contribution in [0.2, 0.25) is 5.15 Å². The lowest BCUT2D eigenvalue weighted by Crippen LogP contribution is -2.47. The Morgan fingerprint density at radius 3 is 2.87 bits per heavy atom. The SMILES string of the molecule is CC(C)(C)OC(=O)N1CCCC[C@@H]1CSCc1ccc(Cl)nc1. The number of amides is 1. The van der Waals surface area contributed by atoms with Crippen LogP contribution < -0.4 is 0 Å². The number of likely N-dealkylation sites (tertiary alicyclic amines) is 1. The van der Waals surface area contributed by atoms with Crippen molar-refractivity contribution >= 4 is 29.5 Å².